The third-order valence-electron chi connectivity index (χ3n) is 10.6. The molecule has 4 fully saturated rings. The van der Waals surface area contributed by atoms with E-state index >= 15 is 0 Å². The molecule has 0 aliphatic carbocycles. The second-order valence-electron chi connectivity index (χ2n) is 13.7. The number of imide groups is 1. The number of hydrogen-bond donors (Lipinski definition) is 1. The van der Waals surface area contributed by atoms with Crippen molar-refractivity contribution in [2.75, 3.05) is 83.9 Å². The van der Waals surface area contributed by atoms with E-state index in [9.17, 15) is 27.6 Å². The number of amides is 4. The number of benzene rings is 3. The van der Waals surface area contributed by atoms with Crippen molar-refractivity contribution in [3.05, 3.63) is 65.7 Å². The number of carbonyl (C=O) groups is 3. The molecule has 4 saturated heterocycles. The minimum absolute atomic E-state index is 0.0947. The summed E-state index contributed by atoms with van der Waals surface area (Å²) in [6.07, 6.45) is -4.47. The van der Waals surface area contributed by atoms with E-state index in [4.69, 9.17) is 9.47 Å². The molecule has 3 atom stereocenters. The minimum Gasteiger partial charge on any atom is -0.495 e. The molecule has 0 radical (unpaired) electrons. The van der Waals surface area contributed by atoms with Gasteiger partial charge in [-0.1, -0.05) is 36.4 Å². The Bertz CT molecular complexity index is 1810. The molecule has 4 aliphatic rings. The van der Waals surface area contributed by atoms with Crippen molar-refractivity contribution in [1.29, 1.82) is 0 Å². The Balaban J connectivity index is 1.21. The second kappa shape index (κ2) is 13.1. The third-order valence-corrected chi connectivity index (χ3v) is 10.6. The lowest BCUT2D eigenvalue weighted by Crippen LogP contribution is -2.51. The summed E-state index contributed by atoms with van der Waals surface area (Å²) >= 11 is 0. The van der Waals surface area contributed by atoms with Crippen LogP contribution in [0.2, 0.25) is 0 Å². The average molecular weight is 695 g/mol. The van der Waals surface area contributed by atoms with Crippen LogP contribution in [0.1, 0.15) is 23.6 Å². The smallest absolute Gasteiger partial charge is 0.471 e. The summed E-state index contributed by atoms with van der Waals surface area (Å²) < 4.78 is 49.9. The van der Waals surface area contributed by atoms with Crippen molar-refractivity contribution in [2.24, 2.45) is 5.92 Å². The molecule has 50 heavy (non-hydrogen) atoms. The van der Waals surface area contributed by atoms with Crippen molar-refractivity contribution >= 4 is 40.0 Å². The zero-order valence-electron chi connectivity index (χ0n) is 28.3. The van der Waals surface area contributed by atoms with Gasteiger partial charge in [-0.15, -0.1) is 0 Å². The Kier molecular flexibility index (Phi) is 8.89. The van der Waals surface area contributed by atoms with Crippen LogP contribution in [0.25, 0.3) is 10.8 Å². The number of likely N-dealkylation sites (tertiary alicyclic amines) is 1. The van der Waals surface area contributed by atoms with Gasteiger partial charge in [-0.3, -0.25) is 24.3 Å². The van der Waals surface area contributed by atoms with Gasteiger partial charge >= 0.3 is 18.1 Å². The number of ether oxygens (including phenoxy) is 2. The molecular formula is C36H41F3N6O5. The van der Waals surface area contributed by atoms with Crippen LogP contribution in [-0.4, -0.2) is 123 Å². The molecule has 0 aromatic heterocycles. The van der Waals surface area contributed by atoms with E-state index in [2.05, 4.69) is 39.0 Å². The summed E-state index contributed by atoms with van der Waals surface area (Å²) in [7, 11) is 5.31. The van der Waals surface area contributed by atoms with Crippen molar-refractivity contribution in [3.63, 3.8) is 0 Å². The highest BCUT2D eigenvalue weighted by Crippen LogP contribution is 2.56. The normalized spacial score (nSPS) is 24.2. The molecule has 1 N–H and O–H groups in total. The van der Waals surface area contributed by atoms with Gasteiger partial charge in [0.25, 0.3) is 5.91 Å². The van der Waals surface area contributed by atoms with Crippen molar-refractivity contribution < 1.29 is 37.0 Å². The van der Waals surface area contributed by atoms with Crippen LogP contribution in [0.4, 0.5) is 29.3 Å². The van der Waals surface area contributed by atoms with E-state index in [1.807, 2.05) is 36.4 Å². The number of carbonyl (C=O) groups excluding carboxylic acids is 3. The van der Waals surface area contributed by atoms with Crippen LogP contribution in [0, 0.1) is 5.92 Å². The van der Waals surface area contributed by atoms with Crippen LogP contribution in [0.15, 0.2) is 54.6 Å². The molecule has 4 amide bonds. The minimum atomic E-state index is -5.06. The number of urea groups is 1. The molecule has 4 aliphatic heterocycles. The fourth-order valence-electron chi connectivity index (χ4n) is 8.33. The number of morpholine rings is 1. The first-order chi connectivity index (χ1) is 23.9. The van der Waals surface area contributed by atoms with Gasteiger partial charge in [-0.2, -0.15) is 13.2 Å². The molecule has 0 bridgehead atoms. The summed E-state index contributed by atoms with van der Waals surface area (Å²) in [5, 5.41) is 4.02. The Morgan fingerprint density at radius 3 is 2.46 bits per heavy atom. The SMILES string of the molecule is COc1ccc(CN2CC3CC(c4ccc(N(C)C)c5ccccc45)N4C(=O)N(CCN5CCOCC5)C(=O)C34C2)cc1NC(=O)C(F)(F)F. The van der Waals surface area contributed by atoms with Crippen LogP contribution < -0.4 is 15.0 Å². The number of rotatable bonds is 9. The van der Waals surface area contributed by atoms with E-state index in [1.54, 1.807) is 6.07 Å². The number of methoxy groups -OCH3 is 1. The Morgan fingerprint density at radius 2 is 1.76 bits per heavy atom. The lowest BCUT2D eigenvalue weighted by atomic mass is 9.87. The standard InChI is InChI=1S/C36H41F3N6O5/c1-41(2)29-10-9-27(25-6-4-5-7-26(25)29)30-19-24-21-43(20-23-8-11-31(49-3)28(18-23)40-32(46)36(37,38)39)22-35(24)33(47)44(34(48)45(30)35)13-12-42-14-16-50-17-15-42/h4-11,18,24,30H,12-17,19-22H2,1-3H3,(H,40,46). The van der Waals surface area contributed by atoms with Crippen LogP contribution in [-0.2, 0) is 20.9 Å². The zero-order chi connectivity index (χ0) is 35.4. The maximum Gasteiger partial charge on any atom is 0.471 e. The van der Waals surface area contributed by atoms with Crippen LogP contribution in [0.3, 0.4) is 0 Å². The van der Waals surface area contributed by atoms with Crippen LogP contribution >= 0.6 is 0 Å². The number of nitrogens with one attached hydrogen (secondary N) is 1. The maximum absolute atomic E-state index is 14.6. The van der Waals surface area contributed by atoms with Crippen molar-refractivity contribution in [2.45, 2.75) is 30.7 Å². The Hall–Kier alpha value is -4.40. The summed E-state index contributed by atoms with van der Waals surface area (Å²) in [5.74, 6) is -2.38. The molecule has 3 unspecified atom stereocenters. The van der Waals surface area contributed by atoms with Gasteiger partial charge in [0, 0.05) is 76.9 Å². The molecule has 266 valence electrons. The fraction of sp³-hybridized carbons (Fsp3) is 0.472. The van der Waals surface area contributed by atoms with E-state index in [1.165, 1.54) is 24.1 Å². The molecule has 14 heteroatoms. The number of nitrogens with zero attached hydrogens (tertiary/aromatic N) is 5. The Labute approximate surface area is 288 Å². The van der Waals surface area contributed by atoms with Gasteiger partial charge in [-0.25, -0.2) is 4.79 Å². The first-order valence-electron chi connectivity index (χ1n) is 16.8. The molecule has 3 aromatic rings. The van der Waals surface area contributed by atoms with Crippen molar-refractivity contribution in [1.82, 2.24) is 19.6 Å². The topological polar surface area (TPSA) is 97.9 Å². The number of fused-ring (bicyclic) bond motifs is 1. The zero-order valence-corrected chi connectivity index (χ0v) is 28.3. The van der Waals surface area contributed by atoms with E-state index in [0.29, 0.717) is 44.8 Å². The monoisotopic (exact) mass is 694 g/mol. The predicted octanol–water partition coefficient (Wildman–Crippen LogP) is 4.33. The van der Waals surface area contributed by atoms with Gasteiger partial charge in [-0.05, 0) is 41.1 Å². The highest BCUT2D eigenvalue weighted by atomic mass is 19.4. The lowest BCUT2D eigenvalue weighted by Gasteiger charge is -2.33. The average Bonchev–Trinajstić information content (AvgIpc) is 3.67. The number of anilines is 2. The maximum atomic E-state index is 14.6. The molecule has 4 heterocycles. The van der Waals surface area contributed by atoms with Gasteiger partial charge in [0.1, 0.15) is 11.3 Å². The Morgan fingerprint density at radius 1 is 1.02 bits per heavy atom. The molecule has 7 rings (SSSR count). The van der Waals surface area contributed by atoms with Gasteiger partial charge in [0.15, 0.2) is 0 Å². The van der Waals surface area contributed by atoms with E-state index < -0.39 is 17.6 Å². The van der Waals surface area contributed by atoms with Crippen molar-refractivity contribution in [3.8, 4) is 5.75 Å². The fourth-order valence-corrected chi connectivity index (χ4v) is 8.33. The largest absolute Gasteiger partial charge is 0.495 e. The van der Waals surface area contributed by atoms with Gasteiger partial charge in [0.2, 0.25) is 0 Å². The summed E-state index contributed by atoms with van der Waals surface area (Å²) in [4.78, 5) is 50.5. The molecular weight excluding hydrogens is 653 g/mol. The third kappa shape index (κ3) is 5.82. The highest BCUT2D eigenvalue weighted by molar-refractivity contribution is 6.09. The van der Waals surface area contributed by atoms with Gasteiger partial charge < -0.3 is 24.6 Å². The van der Waals surface area contributed by atoms with Crippen LogP contribution in [0.5, 0.6) is 5.75 Å². The lowest BCUT2D eigenvalue weighted by molar-refractivity contribution is -0.167. The summed E-state index contributed by atoms with van der Waals surface area (Å²) in [6, 6.07) is 16.4. The first kappa shape index (κ1) is 34.1. The number of alkyl halides is 3. The number of halogens is 3. The molecule has 11 nitrogen and oxygen atoms in total. The molecule has 1 spiro atoms. The second-order valence-corrected chi connectivity index (χ2v) is 13.7. The highest BCUT2D eigenvalue weighted by Gasteiger charge is 2.70. The summed E-state index contributed by atoms with van der Waals surface area (Å²) in [6.45, 7) is 4.61. The molecule has 3 aromatic carbocycles. The van der Waals surface area contributed by atoms with Gasteiger partial charge in [0.05, 0.1) is 32.1 Å². The summed E-state index contributed by atoms with van der Waals surface area (Å²) in [5.41, 5.74) is 1.51. The molecule has 0 saturated carbocycles. The number of hydrogen-bond acceptors (Lipinski definition) is 8. The predicted molar refractivity (Wildman–Crippen MR) is 181 cm³/mol. The first-order valence-corrected chi connectivity index (χ1v) is 16.8. The van der Waals surface area contributed by atoms with E-state index in [-0.39, 0.29) is 48.4 Å². The quantitative estimate of drug-likeness (QED) is 0.331. The van der Waals surface area contributed by atoms with E-state index in [0.717, 1.165) is 35.1 Å².